The van der Waals surface area contributed by atoms with Gasteiger partial charge in [-0.3, -0.25) is 13.8 Å². The van der Waals surface area contributed by atoms with Gasteiger partial charge in [0, 0.05) is 20.0 Å². The minimum absolute atomic E-state index is 0.382. The highest BCUT2D eigenvalue weighted by atomic mass is 32.2. The summed E-state index contributed by atoms with van der Waals surface area (Å²) in [5.41, 5.74) is 1.22. The van der Waals surface area contributed by atoms with Crippen LogP contribution in [-0.2, 0) is 25.1 Å². The quantitative estimate of drug-likeness (QED) is 0.655. The van der Waals surface area contributed by atoms with Gasteiger partial charge < -0.3 is 19.3 Å². The Labute approximate surface area is 179 Å². The second-order valence-electron chi connectivity index (χ2n) is 7.28. The lowest BCUT2D eigenvalue weighted by molar-refractivity contribution is -0.152. The monoisotopic (exact) mass is 430 g/mol. The molecule has 0 spiro atoms. The summed E-state index contributed by atoms with van der Waals surface area (Å²) >= 11 is 0. The summed E-state index contributed by atoms with van der Waals surface area (Å²) in [6.45, 7) is 2.24. The van der Waals surface area contributed by atoms with E-state index >= 15 is 0 Å². The van der Waals surface area contributed by atoms with Crippen LogP contribution in [0.2, 0.25) is 0 Å². The van der Waals surface area contributed by atoms with Gasteiger partial charge in [-0.25, -0.2) is 0 Å². The van der Waals surface area contributed by atoms with E-state index in [2.05, 4.69) is 0 Å². The van der Waals surface area contributed by atoms with Gasteiger partial charge in [-0.1, -0.05) is 24.3 Å². The molecule has 30 heavy (non-hydrogen) atoms. The molecule has 0 bridgehead atoms. The molecule has 2 aromatic carbocycles. The highest BCUT2D eigenvalue weighted by molar-refractivity contribution is 7.85. The number of rotatable bonds is 6. The Kier molecular flexibility index (Phi) is 6.89. The van der Waals surface area contributed by atoms with Crippen molar-refractivity contribution in [3.05, 3.63) is 54.1 Å². The first-order chi connectivity index (χ1) is 14.3. The van der Waals surface area contributed by atoms with Crippen molar-refractivity contribution in [3.8, 4) is 5.75 Å². The van der Waals surface area contributed by atoms with E-state index in [1.807, 2.05) is 19.0 Å². The fourth-order valence-electron chi connectivity index (χ4n) is 3.41. The van der Waals surface area contributed by atoms with Crippen LogP contribution in [0.25, 0.3) is 0 Å². The van der Waals surface area contributed by atoms with Crippen molar-refractivity contribution in [1.82, 2.24) is 4.90 Å². The van der Waals surface area contributed by atoms with Crippen molar-refractivity contribution in [1.29, 1.82) is 0 Å². The van der Waals surface area contributed by atoms with Gasteiger partial charge in [0.1, 0.15) is 11.0 Å². The van der Waals surface area contributed by atoms with Crippen molar-refractivity contribution in [2.75, 3.05) is 39.2 Å². The molecule has 1 aliphatic rings. The number of carbonyl (C=O) groups excluding carboxylic acids is 2. The molecular weight excluding hydrogens is 404 g/mol. The predicted octanol–water partition coefficient (Wildman–Crippen LogP) is 2.38. The molecule has 0 aliphatic carbocycles. The summed E-state index contributed by atoms with van der Waals surface area (Å²) in [5.74, 6) is -0.338. The van der Waals surface area contributed by atoms with Gasteiger partial charge in [0.25, 0.3) is 5.91 Å². The summed E-state index contributed by atoms with van der Waals surface area (Å²) in [5, 5.41) is -0.835. The largest absolute Gasteiger partial charge is 0.497 e. The lowest BCUT2D eigenvalue weighted by atomic mass is 10.1. The van der Waals surface area contributed by atoms with E-state index in [-0.39, 0.29) is 5.91 Å². The molecule has 0 saturated heterocycles. The van der Waals surface area contributed by atoms with E-state index in [9.17, 15) is 13.8 Å². The highest BCUT2D eigenvalue weighted by Gasteiger charge is 2.44. The van der Waals surface area contributed by atoms with E-state index in [1.54, 1.807) is 60.5 Å². The molecule has 1 unspecified atom stereocenters. The van der Waals surface area contributed by atoms with Crippen LogP contribution in [0.3, 0.4) is 0 Å². The van der Waals surface area contributed by atoms with Crippen LogP contribution in [0.1, 0.15) is 17.7 Å². The van der Waals surface area contributed by atoms with Crippen molar-refractivity contribution in [2.45, 2.75) is 23.2 Å². The molecule has 0 radical (unpaired) electrons. The van der Waals surface area contributed by atoms with Crippen LogP contribution in [0.5, 0.6) is 5.75 Å². The van der Waals surface area contributed by atoms with E-state index in [0.717, 1.165) is 0 Å². The maximum atomic E-state index is 13.7. The summed E-state index contributed by atoms with van der Waals surface area (Å²) in [6.07, 6.45) is -1.20. The first-order valence-corrected chi connectivity index (χ1v) is 10.8. The molecule has 3 rings (SSSR count). The molecule has 1 aliphatic heterocycles. The van der Waals surface area contributed by atoms with Gasteiger partial charge in [-0.2, -0.15) is 0 Å². The van der Waals surface area contributed by atoms with Crippen LogP contribution in [0, 0.1) is 0 Å². The number of ether oxygens (including phenoxy) is 2. The second kappa shape index (κ2) is 9.40. The number of nitrogens with zero attached hydrogens (tertiary/aromatic N) is 2. The summed E-state index contributed by atoms with van der Waals surface area (Å²) < 4.78 is 24.4. The number of likely N-dealkylation sites (N-methyl/N-ethyl adjacent to an activating group) is 1. The third-order valence-electron chi connectivity index (χ3n) is 4.90. The Hall–Kier alpha value is -2.71. The topological polar surface area (TPSA) is 76.2 Å². The molecule has 3 atom stereocenters. The summed E-state index contributed by atoms with van der Waals surface area (Å²) in [7, 11) is 3.76. The smallest absolute Gasteiger partial charge is 0.303 e. The molecular formula is C22H26N2O5S. The second-order valence-corrected chi connectivity index (χ2v) is 8.82. The normalized spacial score (nSPS) is 21.2. The van der Waals surface area contributed by atoms with Gasteiger partial charge in [-0.05, 0) is 43.9 Å². The maximum Gasteiger partial charge on any atom is 0.303 e. The number of benzene rings is 2. The van der Waals surface area contributed by atoms with Crippen molar-refractivity contribution in [3.63, 3.8) is 0 Å². The van der Waals surface area contributed by atoms with Gasteiger partial charge >= 0.3 is 5.97 Å². The Morgan fingerprint density at radius 1 is 1.13 bits per heavy atom. The van der Waals surface area contributed by atoms with E-state index < -0.39 is 28.1 Å². The Morgan fingerprint density at radius 2 is 1.80 bits per heavy atom. The number of carbonyl (C=O) groups is 2. The third kappa shape index (κ3) is 4.55. The van der Waals surface area contributed by atoms with Crippen molar-refractivity contribution in [2.24, 2.45) is 0 Å². The van der Waals surface area contributed by atoms with Crippen LogP contribution < -0.4 is 9.64 Å². The maximum absolute atomic E-state index is 13.7. The SMILES string of the molecule is COc1ccc([C@H]2[C@@H](OC(C)=O)C(=O)N(CCN(C)C)c3ccccc3S2=O)cc1. The number of hydrogen-bond donors (Lipinski definition) is 0. The van der Waals surface area contributed by atoms with Gasteiger partial charge in [0.15, 0.2) is 6.10 Å². The van der Waals surface area contributed by atoms with Crippen LogP contribution in [0.15, 0.2) is 53.4 Å². The first-order valence-electron chi connectivity index (χ1n) is 9.60. The molecule has 2 aromatic rings. The molecule has 160 valence electrons. The number of para-hydroxylation sites is 1. The minimum atomic E-state index is -1.63. The fraction of sp³-hybridized carbons (Fsp3) is 0.364. The van der Waals surface area contributed by atoms with E-state index in [4.69, 9.17) is 9.47 Å². The van der Waals surface area contributed by atoms with Crippen molar-refractivity contribution >= 4 is 28.4 Å². The van der Waals surface area contributed by atoms with Gasteiger partial charge in [0.05, 0.1) is 28.5 Å². The van der Waals surface area contributed by atoms with Crippen LogP contribution >= 0.6 is 0 Å². The molecule has 0 aromatic heterocycles. The van der Waals surface area contributed by atoms with E-state index in [0.29, 0.717) is 35.0 Å². The zero-order chi connectivity index (χ0) is 21.8. The summed E-state index contributed by atoms with van der Waals surface area (Å²) in [4.78, 5) is 29.5. The summed E-state index contributed by atoms with van der Waals surface area (Å²) in [6, 6.07) is 14.1. The number of methoxy groups -OCH3 is 1. The Bertz CT molecular complexity index is 945. The number of amides is 1. The number of fused-ring (bicyclic) bond motifs is 1. The van der Waals surface area contributed by atoms with Gasteiger partial charge in [0.2, 0.25) is 0 Å². The molecule has 0 N–H and O–H groups in total. The third-order valence-corrected chi connectivity index (χ3v) is 6.66. The molecule has 1 heterocycles. The highest BCUT2D eigenvalue weighted by Crippen LogP contribution is 2.39. The lowest BCUT2D eigenvalue weighted by Gasteiger charge is -2.28. The van der Waals surface area contributed by atoms with Crippen LogP contribution in [-0.4, -0.2) is 61.4 Å². The number of anilines is 1. The average Bonchev–Trinajstić information content (AvgIpc) is 2.80. The fourth-order valence-corrected chi connectivity index (χ4v) is 5.09. The van der Waals surface area contributed by atoms with Gasteiger partial charge in [-0.15, -0.1) is 0 Å². The standard InChI is InChI=1S/C22H26N2O5S/c1-15(25)29-20-21(16-9-11-17(28-4)12-10-16)30(27)19-8-6-5-7-18(19)24(22(20)26)14-13-23(2)3/h5-12,20-21H,13-14H2,1-4H3/t20-,21+,30?/m1/s1. The van der Waals surface area contributed by atoms with Crippen LogP contribution in [0.4, 0.5) is 5.69 Å². The number of esters is 1. The minimum Gasteiger partial charge on any atom is -0.497 e. The van der Waals surface area contributed by atoms with Crippen molar-refractivity contribution < 1.29 is 23.3 Å². The Morgan fingerprint density at radius 3 is 2.40 bits per heavy atom. The molecule has 8 heteroatoms. The average molecular weight is 431 g/mol. The molecule has 0 fully saturated rings. The zero-order valence-electron chi connectivity index (χ0n) is 17.5. The predicted molar refractivity (Wildman–Crippen MR) is 115 cm³/mol. The number of hydrogen-bond acceptors (Lipinski definition) is 6. The zero-order valence-corrected chi connectivity index (χ0v) is 18.3. The molecule has 7 nitrogen and oxygen atoms in total. The Balaban J connectivity index is 2.14. The molecule has 1 amide bonds. The van der Waals surface area contributed by atoms with E-state index in [1.165, 1.54) is 6.92 Å². The first kappa shape index (κ1) is 22.0. The lowest BCUT2D eigenvalue weighted by Crippen LogP contribution is -2.45. The molecule has 0 saturated carbocycles.